The molecule has 4 N–H and O–H groups in total. The number of thioether (sulfide) groups is 1. The molecular weight excluding hydrogens is 731 g/mol. The zero-order chi connectivity index (χ0) is 38.7. The summed E-state index contributed by atoms with van der Waals surface area (Å²) in [7, 11) is 3.01. The van der Waals surface area contributed by atoms with Crippen LogP contribution >= 0.6 is 11.8 Å². The summed E-state index contributed by atoms with van der Waals surface area (Å²) >= 11 is 1.49. The number of piperazine rings is 1. The molecule has 55 heavy (non-hydrogen) atoms. The normalized spacial score (nSPS) is 29.1. The number of likely N-dealkylation sites (N-methyl/N-ethyl adjacent to an activating group) is 1. The first-order valence-corrected chi connectivity index (χ1v) is 19.7. The summed E-state index contributed by atoms with van der Waals surface area (Å²) < 4.78 is 36.1. The van der Waals surface area contributed by atoms with E-state index in [-0.39, 0.29) is 36.4 Å². The Bertz CT molecular complexity index is 2150. The Morgan fingerprint density at radius 2 is 1.82 bits per heavy atom. The van der Waals surface area contributed by atoms with Gasteiger partial charge in [0.25, 0.3) is 0 Å². The van der Waals surface area contributed by atoms with E-state index in [2.05, 4.69) is 10.2 Å². The van der Waals surface area contributed by atoms with Crippen molar-refractivity contribution in [3.8, 4) is 40.2 Å². The first-order chi connectivity index (χ1) is 26.4. The summed E-state index contributed by atoms with van der Waals surface area (Å²) in [6, 6.07) is 3.08. The number of nitrogens with zero attached hydrogens (tertiary/aromatic N) is 2. The van der Waals surface area contributed by atoms with E-state index in [1.54, 1.807) is 12.1 Å². The smallest absolute Gasteiger partial charge is 0.332 e. The third kappa shape index (κ3) is 5.02. The van der Waals surface area contributed by atoms with Crippen LogP contribution in [0, 0.1) is 13.8 Å². The average Bonchev–Trinajstić information content (AvgIpc) is 3.66. The number of hydrogen-bond acceptors (Lipinski definition) is 15. The molecule has 292 valence electrons. The van der Waals surface area contributed by atoms with Crippen molar-refractivity contribution in [1.29, 1.82) is 0 Å². The quantitative estimate of drug-likeness (QED) is 0.223. The van der Waals surface area contributed by atoms with Crippen LogP contribution in [0.5, 0.6) is 40.2 Å². The lowest BCUT2D eigenvalue weighted by molar-refractivity contribution is -0.170. The first-order valence-electron chi connectivity index (χ1n) is 18.6. The highest BCUT2D eigenvalue weighted by molar-refractivity contribution is 7.99. The molecule has 2 fully saturated rings. The number of rotatable bonds is 4. The number of nitrogens with one attached hydrogen (secondary N) is 1. The van der Waals surface area contributed by atoms with Crippen molar-refractivity contribution in [3.63, 3.8) is 0 Å². The molecule has 0 amide bonds. The molecule has 15 heteroatoms. The van der Waals surface area contributed by atoms with E-state index in [9.17, 15) is 20.1 Å². The van der Waals surface area contributed by atoms with Crippen molar-refractivity contribution in [1.82, 2.24) is 15.1 Å². The second-order valence-corrected chi connectivity index (χ2v) is 16.2. The van der Waals surface area contributed by atoms with E-state index >= 15 is 4.79 Å². The molecule has 10 rings (SSSR count). The molecule has 7 aliphatic rings. The van der Waals surface area contributed by atoms with Crippen LogP contribution in [-0.2, 0) is 32.7 Å². The number of aromatic hydroxyl groups is 2. The number of fused-ring (bicyclic) bond motifs is 9. The van der Waals surface area contributed by atoms with Gasteiger partial charge in [0.2, 0.25) is 6.79 Å². The summed E-state index contributed by atoms with van der Waals surface area (Å²) in [5, 5.41) is 38.3. The second-order valence-electron chi connectivity index (χ2n) is 15.1. The Morgan fingerprint density at radius 3 is 2.55 bits per heavy atom. The van der Waals surface area contributed by atoms with Crippen LogP contribution < -0.4 is 29.0 Å². The SMILES string of the molecule is CCN1CCc2cc(O)c(OC)cc2[C@@]12CS[C@@H]1c3c(OC(C)=O)c(C)c4c(c3[C@H](COC2=O)N2C1[C@@H]1N[C@@H](Cc3cc(C)c(OC)c(O)c31)[C@@H]2O)OCO4. The number of ether oxygens (including phenoxy) is 6. The lowest BCUT2D eigenvalue weighted by atomic mass is 9.74. The number of hydrogen-bond donors (Lipinski definition) is 4. The molecule has 4 bridgehead atoms. The molecule has 0 aliphatic carbocycles. The maximum absolute atomic E-state index is 15.0. The van der Waals surface area contributed by atoms with Crippen molar-refractivity contribution in [2.45, 2.75) is 81.7 Å². The van der Waals surface area contributed by atoms with Crippen molar-refractivity contribution >= 4 is 23.7 Å². The predicted octanol–water partition coefficient (Wildman–Crippen LogP) is 3.80. The monoisotopic (exact) mass is 775 g/mol. The minimum Gasteiger partial charge on any atom is -0.504 e. The van der Waals surface area contributed by atoms with Gasteiger partial charge in [0, 0.05) is 47.5 Å². The standard InChI is InChI=1S/C40H45N3O11S/c1-7-42-9-8-20-12-25(45)26(49-5)13-22(20)40(42)15-55-37-29-28(36-35(52-16-53-36)18(3)34(29)54-19(4)44)24(14-51-39(40)48)43-31(37)30-27-21(11-23(41-30)38(43)47)10-17(2)33(50-6)32(27)46/h10,12-13,23-24,30-31,37-38,41,45-47H,7-9,11,14-16H2,1-6H3/t23-,24-,30+,31?,37+,38-,40+/m0/s1. The van der Waals surface area contributed by atoms with E-state index in [4.69, 9.17) is 28.4 Å². The van der Waals surface area contributed by atoms with Crippen LogP contribution in [0.1, 0.15) is 75.7 Å². The van der Waals surface area contributed by atoms with Gasteiger partial charge in [-0.25, -0.2) is 4.79 Å². The van der Waals surface area contributed by atoms with E-state index in [0.29, 0.717) is 76.7 Å². The number of carbonyl (C=O) groups excluding carboxylic acids is 2. The highest BCUT2D eigenvalue weighted by atomic mass is 32.2. The van der Waals surface area contributed by atoms with E-state index in [0.717, 1.165) is 16.7 Å². The Labute approximate surface area is 322 Å². The molecule has 7 heterocycles. The minimum absolute atomic E-state index is 0.0123. The number of aryl methyl sites for hydroxylation is 1. The Hall–Kier alpha value is -4.41. The fraction of sp³-hybridized carbons (Fsp3) is 0.500. The van der Waals surface area contributed by atoms with Gasteiger partial charge in [-0.3, -0.25) is 14.6 Å². The summed E-state index contributed by atoms with van der Waals surface area (Å²) in [6.07, 6.45) is -0.0311. The Kier molecular flexibility index (Phi) is 8.62. The minimum atomic E-state index is -1.31. The molecule has 7 aliphatic heterocycles. The molecule has 7 atom stereocenters. The number of aliphatic hydroxyl groups excluding tert-OH is 1. The largest absolute Gasteiger partial charge is 0.504 e. The summed E-state index contributed by atoms with van der Waals surface area (Å²) in [5.41, 5.74) is 4.44. The zero-order valence-electron chi connectivity index (χ0n) is 31.6. The van der Waals surface area contributed by atoms with Crippen molar-refractivity contribution in [3.05, 3.63) is 62.7 Å². The third-order valence-corrected chi connectivity index (χ3v) is 13.9. The van der Waals surface area contributed by atoms with Crippen LogP contribution in [0.2, 0.25) is 0 Å². The van der Waals surface area contributed by atoms with Crippen LogP contribution in [0.15, 0.2) is 18.2 Å². The predicted molar refractivity (Wildman–Crippen MR) is 199 cm³/mol. The molecule has 0 aromatic heterocycles. The molecule has 1 unspecified atom stereocenters. The fourth-order valence-electron chi connectivity index (χ4n) is 10.2. The van der Waals surface area contributed by atoms with Crippen LogP contribution in [-0.4, -0.2) is 102 Å². The molecule has 2 saturated heterocycles. The van der Waals surface area contributed by atoms with Crippen molar-refractivity contribution in [2.75, 3.05) is 46.5 Å². The highest BCUT2D eigenvalue weighted by Crippen LogP contribution is 2.63. The third-order valence-electron chi connectivity index (χ3n) is 12.5. The average molecular weight is 776 g/mol. The second kappa shape index (κ2) is 13.1. The van der Waals surface area contributed by atoms with Crippen LogP contribution in [0.3, 0.4) is 0 Å². The Morgan fingerprint density at radius 1 is 1.04 bits per heavy atom. The number of methoxy groups -OCH3 is 2. The fourth-order valence-corrected chi connectivity index (χ4v) is 12.0. The lowest BCUT2D eigenvalue weighted by Crippen LogP contribution is -2.70. The topological polar surface area (TPSA) is 169 Å². The number of benzene rings is 3. The first kappa shape index (κ1) is 36.2. The van der Waals surface area contributed by atoms with Crippen molar-refractivity contribution < 1.29 is 53.3 Å². The van der Waals surface area contributed by atoms with Crippen molar-refractivity contribution in [2.24, 2.45) is 0 Å². The molecule has 1 spiro atoms. The number of phenols is 2. The number of aliphatic hydroxyl groups is 1. The number of phenolic OH excluding ortho intramolecular Hbond substituents is 2. The van der Waals surface area contributed by atoms with Gasteiger partial charge in [-0.2, -0.15) is 0 Å². The van der Waals surface area contributed by atoms with Crippen LogP contribution in [0.4, 0.5) is 0 Å². The van der Waals surface area contributed by atoms with Gasteiger partial charge in [-0.1, -0.05) is 13.0 Å². The summed E-state index contributed by atoms with van der Waals surface area (Å²) in [5.74, 6) is 1.04. The summed E-state index contributed by atoms with van der Waals surface area (Å²) in [6.45, 7) is 7.89. The van der Waals surface area contributed by atoms with Gasteiger partial charge >= 0.3 is 11.9 Å². The Balaban J connectivity index is 1.32. The molecule has 0 radical (unpaired) electrons. The van der Waals surface area contributed by atoms with Gasteiger partial charge in [-0.05, 0) is 67.6 Å². The van der Waals surface area contributed by atoms with E-state index in [1.807, 2.05) is 31.7 Å². The zero-order valence-corrected chi connectivity index (χ0v) is 32.4. The van der Waals surface area contributed by atoms with Gasteiger partial charge in [0.05, 0.1) is 37.6 Å². The van der Waals surface area contributed by atoms with Crippen LogP contribution in [0.25, 0.3) is 0 Å². The van der Waals surface area contributed by atoms with E-state index < -0.39 is 53.1 Å². The van der Waals surface area contributed by atoms with Gasteiger partial charge in [-0.15, -0.1) is 11.8 Å². The van der Waals surface area contributed by atoms with E-state index in [1.165, 1.54) is 32.9 Å². The summed E-state index contributed by atoms with van der Waals surface area (Å²) in [4.78, 5) is 32.1. The number of esters is 2. The molecular formula is C40H45N3O11S. The maximum Gasteiger partial charge on any atom is 0.332 e. The number of carbonyl (C=O) groups is 2. The molecule has 0 saturated carbocycles. The molecule has 3 aromatic carbocycles. The van der Waals surface area contributed by atoms with Gasteiger partial charge in [0.1, 0.15) is 18.6 Å². The lowest BCUT2D eigenvalue weighted by Gasteiger charge is -2.59. The maximum atomic E-state index is 15.0. The van der Waals surface area contributed by atoms with Gasteiger partial charge in [0.15, 0.2) is 40.0 Å². The van der Waals surface area contributed by atoms with Gasteiger partial charge < -0.3 is 49.1 Å². The molecule has 14 nitrogen and oxygen atoms in total. The molecule has 3 aromatic rings. The highest BCUT2D eigenvalue weighted by Gasteiger charge is 2.60.